The highest BCUT2D eigenvalue weighted by molar-refractivity contribution is 8.00. The Hall–Kier alpha value is -1.01. The summed E-state index contributed by atoms with van der Waals surface area (Å²) in [7, 11) is 4.06. The monoisotopic (exact) mass is 368 g/mol. The van der Waals surface area contributed by atoms with E-state index < -0.39 is 0 Å². The molecule has 2 rings (SSSR count). The molecule has 0 fully saturated rings. The summed E-state index contributed by atoms with van der Waals surface area (Å²) in [6, 6.07) is 9.85. The molecule has 0 saturated heterocycles. The number of likely N-dealkylation sites (N-methyl/N-ethyl adjacent to an activating group) is 1. The highest BCUT2D eigenvalue weighted by Crippen LogP contribution is 2.25. The normalized spacial score (nSPS) is 13.8. The standard InChI is InChI=1S/C17H21ClN2OS2/c1-12(23-15-6-4-14(18)5-7-15)17(21)19-10-16(20(2)3)13-8-9-22-11-13/h4-9,11-12,16H,10H2,1-3H3,(H,19,21)/t12-,16-/m1/s1. The number of carbonyl (C=O) groups is 1. The number of amides is 1. The highest BCUT2D eigenvalue weighted by atomic mass is 35.5. The van der Waals surface area contributed by atoms with E-state index in [4.69, 9.17) is 11.6 Å². The van der Waals surface area contributed by atoms with Gasteiger partial charge in [0.2, 0.25) is 5.91 Å². The molecule has 1 aromatic carbocycles. The molecule has 0 aliphatic heterocycles. The third kappa shape index (κ3) is 5.53. The molecule has 23 heavy (non-hydrogen) atoms. The van der Waals surface area contributed by atoms with E-state index in [1.54, 1.807) is 11.3 Å². The third-order valence-corrected chi connectivity index (χ3v) is 5.58. The Kier molecular flexibility index (Phi) is 6.96. The largest absolute Gasteiger partial charge is 0.353 e. The van der Waals surface area contributed by atoms with E-state index in [9.17, 15) is 4.79 Å². The fourth-order valence-corrected chi connectivity index (χ4v) is 3.90. The number of thioether (sulfide) groups is 1. The molecule has 2 atom stereocenters. The van der Waals surface area contributed by atoms with Crippen molar-refractivity contribution in [2.24, 2.45) is 0 Å². The second-order valence-corrected chi connectivity index (χ2v) is 8.13. The lowest BCUT2D eigenvalue weighted by atomic mass is 10.1. The molecule has 1 amide bonds. The zero-order valence-corrected chi connectivity index (χ0v) is 15.8. The lowest BCUT2D eigenvalue weighted by Gasteiger charge is -2.24. The van der Waals surface area contributed by atoms with E-state index in [2.05, 4.69) is 27.0 Å². The first-order chi connectivity index (χ1) is 11.0. The first kappa shape index (κ1) is 18.3. The van der Waals surface area contributed by atoms with Crippen molar-refractivity contribution >= 4 is 40.6 Å². The maximum Gasteiger partial charge on any atom is 0.233 e. The van der Waals surface area contributed by atoms with Crippen molar-refractivity contribution < 1.29 is 4.79 Å². The molecule has 0 saturated carbocycles. The molecule has 0 aliphatic carbocycles. The molecule has 0 unspecified atom stereocenters. The molecule has 1 heterocycles. The van der Waals surface area contributed by atoms with Crippen molar-refractivity contribution in [3.05, 3.63) is 51.7 Å². The summed E-state index contributed by atoms with van der Waals surface area (Å²) in [5.41, 5.74) is 1.23. The minimum absolute atomic E-state index is 0.0482. The third-order valence-electron chi connectivity index (χ3n) is 3.52. The van der Waals surface area contributed by atoms with Gasteiger partial charge in [-0.2, -0.15) is 11.3 Å². The second-order valence-electron chi connectivity index (χ2n) is 5.50. The average Bonchev–Trinajstić information content (AvgIpc) is 3.03. The van der Waals surface area contributed by atoms with Crippen LogP contribution in [0.4, 0.5) is 0 Å². The van der Waals surface area contributed by atoms with Gasteiger partial charge in [0.25, 0.3) is 0 Å². The van der Waals surface area contributed by atoms with E-state index in [0.717, 1.165) is 4.90 Å². The molecule has 124 valence electrons. The quantitative estimate of drug-likeness (QED) is 0.739. The Balaban J connectivity index is 1.88. The molecular weight excluding hydrogens is 348 g/mol. The number of benzene rings is 1. The number of carbonyl (C=O) groups excluding carboxylic acids is 1. The minimum Gasteiger partial charge on any atom is -0.353 e. The van der Waals surface area contributed by atoms with Crippen molar-refractivity contribution in [2.75, 3.05) is 20.6 Å². The van der Waals surface area contributed by atoms with Crippen LogP contribution in [0.25, 0.3) is 0 Å². The van der Waals surface area contributed by atoms with Crippen LogP contribution in [0, 0.1) is 0 Å². The van der Waals surface area contributed by atoms with Crippen LogP contribution < -0.4 is 5.32 Å². The van der Waals surface area contributed by atoms with Gasteiger partial charge in [-0.15, -0.1) is 11.8 Å². The minimum atomic E-state index is -0.151. The lowest BCUT2D eigenvalue weighted by Crippen LogP contribution is -2.37. The van der Waals surface area contributed by atoms with Gasteiger partial charge in [-0.25, -0.2) is 0 Å². The molecule has 0 aliphatic rings. The van der Waals surface area contributed by atoms with Crippen LogP contribution in [-0.2, 0) is 4.79 Å². The molecule has 0 spiro atoms. The van der Waals surface area contributed by atoms with Gasteiger partial charge < -0.3 is 10.2 Å². The molecule has 6 heteroatoms. The van der Waals surface area contributed by atoms with Gasteiger partial charge in [-0.1, -0.05) is 11.6 Å². The molecule has 1 aromatic heterocycles. The van der Waals surface area contributed by atoms with Gasteiger partial charge in [0.05, 0.1) is 11.3 Å². The Morgan fingerprint density at radius 3 is 2.57 bits per heavy atom. The number of hydrogen-bond donors (Lipinski definition) is 1. The number of nitrogens with one attached hydrogen (secondary N) is 1. The van der Waals surface area contributed by atoms with E-state index in [1.807, 2.05) is 45.3 Å². The van der Waals surface area contributed by atoms with Gasteiger partial charge in [0.1, 0.15) is 0 Å². The second kappa shape index (κ2) is 8.73. The van der Waals surface area contributed by atoms with Crippen molar-refractivity contribution in [3.63, 3.8) is 0 Å². The van der Waals surface area contributed by atoms with E-state index in [-0.39, 0.29) is 17.2 Å². The first-order valence-electron chi connectivity index (χ1n) is 7.36. The topological polar surface area (TPSA) is 32.3 Å². The van der Waals surface area contributed by atoms with Crippen LogP contribution in [0.3, 0.4) is 0 Å². The molecule has 1 N–H and O–H groups in total. The van der Waals surface area contributed by atoms with Crippen molar-refractivity contribution in [3.8, 4) is 0 Å². The zero-order chi connectivity index (χ0) is 16.8. The van der Waals surface area contributed by atoms with Crippen molar-refractivity contribution in [1.82, 2.24) is 10.2 Å². The maximum absolute atomic E-state index is 12.3. The lowest BCUT2D eigenvalue weighted by molar-refractivity contribution is -0.120. The predicted octanol–water partition coefficient (Wildman–Crippen LogP) is 4.30. The van der Waals surface area contributed by atoms with Gasteiger partial charge >= 0.3 is 0 Å². The zero-order valence-electron chi connectivity index (χ0n) is 13.5. The predicted molar refractivity (Wildman–Crippen MR) is 101 cm³/mol. The number of thiophene rings is 1. The summed E-state index contributed by atoms with van der Waals surface area (Å²) in [6.07, 6.45) is 0. The number of rotatable bonds is 7. The molecular formula is C17H21ClN2OS2. The molecule has 0 radical (unpaired) electrons. The molecule has 0 bridgehead atoms. The summed E-state index contributed by atoms with van der Waals surface area (Å²) in [4.78, 5) is 15.5. The summed E-state index contributed by atoms with van der Waals surface area (Å²) >= 11 is 9.09. The SMILES string of the molecule is C[C@@H](Sc1ccc(Cl)cc1)C(=O)NC[C@H](c1ccsc1)N(C)C. The Labute approximate surface area is 151 Å². The average molecular weight is 369 g/mol. The van der Waals surface area contributed by atoms with Crippen LogP contribution in [0.1, 0.15) is 18.5 Å². The summed E-state index contributed by atoms with van der Waals surface area (Å²) < 4.78 is 0. The van der Waals surface area contributed by atoms with Gasteiger partial charge in [-0.3, -0.25) is 4.79 Å². The summed E-state index contributed by atoms with van der Waals surface area (Å²) in [5.74, 6) is 0.0482. The fraction of sp³-hybridized carbons (Fsp3) is 0.353. The van der Waals surface area contributed by atoms with E-state index >= 15 is 0 Å². The van der Waals surface area contributed by atoms with Crippen molar-refractivity contribution in [2.45, 2.75) is 23.1 Å². The van der Waals surface area contributed by atoms with Crippen LogP contribution in [-0.4, -0.2) is 36.7 Å². The smallest absolute Gasteiger partial charge is 0.233 e. The Bertz CT molecular complexity index is 614. The van der Waals surface area contributed by atoms with Gasteiger partial charge in [0.15, 0.2) is 0 Å². The van der Waals surface area contributed by atoms with Crippen molar-refractivity contribution in [1.29, 1.82) is 0 Å². The van der Waals surface area contributed by atoms with Gasteiger partial charge in [-0.05, 0) is 67.7 Å². The maximum atomic E-state index is 12.3. The van der Waals surface area contributed by atoms with Crippen LogP contribution in [0.5, 0.6) is 0 Å². The summed E-state index contributed by atoms with van der Waals surface area (Å²) in [5, 5.41) is 7.80. The van der Waals surface area contributed by atoms with Crippen LogP contribution in [0.2, 0.25) is 5.02 Å². The number of nitrogens with zero attached hydrogens (tertiary/aromatic N) is 1. The summed E-state index contributed by atoms with van der Waals surface area (Å²) in [6.45, 7) is 2.53. The first-order valence-corrected chi connectivity index (χ1v) is 9.56. The van der Waals surface area contributed by atoms with Gasteiger partial charge in [0, 0.05) is 16.5 Å². The molecule has 3 nitrogen and oxygen atoms in total. The Morgan fingerprint density at radius 2 is 2.00 bits per heavy atom. The van der Waals surface area contributed by atoms with E-state index in [0.29, 0.717) is 11.6 Å². The van der Waals surface area contributed by atoms with E-state index in [1.165, 1.54) is 17.3 Å². The van der Waals surface area contributed by atoms with Crippen LogP contribution >= 0.6 is 34.7 Å². The highest BCUT2D eigenvalue weighted by Gasteiger charge is 2.19. The molecule has 2 aromatic rings. The van der Waals surface area contributed by atoms with Crippen LogP contribution in [0.15, 0.2) is 46.0 Å². The Morgan fingerprint density at radius 1 is 1.30 bits per heavy atom. The number of halogens is 1. The number of hydrogen-bond acceptors (Lipinski definition) is 4. The fourth-order valence-electron chi connectivity index (χ4n) is 2.17.